The highest BCUT2D eigenvalue weighted by atomic mass is 16.2. The Morgan fingerprint density at radius 1 is 1.07 bits per heavy atom. The maximum absolute atomic E-state index is 13.0. The molecule has 0 aromatic carbocycles. The molecule has 0 radical (unpaired) electrons. The first kappa shape index (κ1) is 21.0. The molecule has 1 aromatic heterocycles. The third-order valence-electron chi connectivity index (χ3n) is 6.19. The van der Waals surface area contributed by atoms with Crippen molar-refractivity contribution in [1.29, 1.82) is 0 Å². The van der Waals surface area contributed by atoms with Gasteiger partial charge in [-0.1, -0.05) is 0 Å². The summed E-state index contributed by atoms with van der Waals surface area (Å²) in [7, 11) is 4.23. The number of likely N-dealkylation sites (tertiary alicyclic amines) is 1. The molecule has 3 rings (SSSR count). The van der Waals surface area contributed by atoms with E-state index in [-0.39, 0.29) is 0 Å². The van der Waals surface area contributed by atoms with Crippen LogP contribution in [-0.4, -0.2) is 72.0 Å². The zero-order valence-electron chi connectivity index (χ0n) is 18.2. The van der Waals surface area contributed by atoms with Gasteiger partial charge in [0.05, 0.1) is 0 Å². The van der Waals surface area contributed by atoms with Crippen molar-refractivity contribution in [3.05, 3.63) is 17.5 Å². The van der Waals surface area contributed by atoms with E-state index in [4.69, 9.17) is 0 Å². The van der Waals surface area contributed by atoms with Gasteiger partial charge in [0.2, 0.25) is 11.9 Å². The van der Waals surface area contributed by atoms with Crippen LogP contribution in [0.2, 0.25) is 0 Å². The van der Waals surface area contributed by atoms with Gasteiger partial charge in [0, 0.05) is 43.5 Å². The van der Waals surface area contributed by atoms with E-state index in [9.17, 15) is 4.79 Å². The first-order chi connectivity index (χ1) is 13.4. The molecule has 2 saturated heterocycles. The van der Waals surface area contributed by atoms with Gasteiger partial charge >= 0.3 is 0 Å². The number of aryl methyl sites for hydroxylation is 2. The second kappa shape index (κ2) is 9.68. The minimum atomic E-state index is 0.379. The first-order valence-electron chi connectivity index (χ1n) is 10.9. The summed E-state index contributed by atoms with van der Waals surface area (Å²) in [6.07, 6.45) is 7.50. The Morgan fingerprint density at radius 3 is 2.39 bits per heavy atom. The molecule has 0 saturated carbocycles. The third-order valence-corrected chi connectivity index (χ3v) is 6.19. The predicted molar refractivity (Wildman–Crippen MR) is 114 cm³/mol. The Hall–Kier alpha value is -1.69. The van der Waals surface area contributed by atoms with Gasteiger partial charge in [0.25, 0.3) is 0 Å². The maximum atomic E-state index is 13.0. The summed E-state index contributed by atoms with van der Waals surface area (Å²) in [6, 6.07) is 2.45. The molecule has 0 N–H and O–H groups in total. The molecular weight excluding hydrogens is 350 g/mol. The molecule has 0 unspecified atom stereocenters. The molecule has 2 aliphatic rings. The zero-order valence-corrected chi connectivity index (χ0v) is 18.2. The minimum Gasteiger partial charge on any atom is -0.341 e. The Bertz CT molecular complexity index is 634. The van der Waals surface area contributed by atoms with Crippen LogP contribution < -0.4 is 4.90 Å². The van der Waals surface area contributed by atoms with Crippen LogP contribution in [0.4, 0.5) is 5.95 Å². The molecule has 0 aliphatic carbocycles. The number of amides is 1. The van der Waals surface area contributed by atoms with Crippen molar-refractivity contribution in [2.45, 2.75) is 64.8 Å². The number of anilines is 1. The summed E-state index contributed by atoms with van der Waals surface area (Å²) in [5.74, 6) is 1.72. The van der Waals surface area contributed by atoms with Crippen LogP contribution in [0.3, 0.4) is 0 Å². The van der Waals surface area contributed by atoms with Crippen LogP contribution in [0.25, 0.3) is 0 Å². The molecule has 6 nitrogen and oxygen atoms in total. The van der Waals surface area contributed by atoms with Crippen molar-refractivity contribution < 1.29 is 4.79 Å². The number of hydrogen-bond donors (Lipinski definition) is 0. The van der Waals surface area contributed by atoms with Crippen LogP contribution in [0.15, 0.2) is 6.07 Å². The molecule has 3 heterocycles. The van der Waals surface area contributed by atoms with Gasteiger partial charge in [0.1, 0.15) is 0 Å². The van der Waals surface area contributed by atoms with Crippen LogP contribution in [-0.2, 0) is 4.79 Å². The summed E-state index contributed by atoms with van der Waals surface area (Å²) in [5.41, 5.74) is 2.04. The van der Waals surface area contributed by atoms with Crippen LogP contribution in [0, 0.1) is 19.8 Å². The Kier molecular flexibility index (Phi) is 7.27. The Morgan fingerprint density at radius 2 is 1.75 bits per heavy atom. The summed E-state index contributed by atoms with van der Waals surface area (Å²) in [4.78, 5) is 28.9. The van der Waals surface area contributed by atoms with Crippen molar-refractivity contribution in [3.8, 4) is 0 Å². The largest absolute Gasteiger partial charge is 0.341 e. The van der Waals surface area contributed by atoms with Gasteiger partial charge in [-0.15, -0.1) is 0 Å². The molecule has 28 heavy (non-hydrogen) atoms. The maximum Gasteiger partial charge on any atom is 0.225 e. The van der Waals surface area contributed by atoms with E-state index in [1.165, 1.54) is 12.8 Å². The van der Waals surface area contributed by atoms with Gasteiger partial charge in [-0.2, -0.15) is 0 Å². The minimum absolute atomic E-state index is 0.379. The molecule has 0 spiro atoms. The number of nitrogens with zero attached hydrogens (tertiary/aromatic N) is 5. The summed E-state index contributed by atoms with van der Waals surface area (Å²) in [5, 5.41) is 0. The van der Waals surface area contributed by atoms with Crippen molar-refractivity contribution >= 4 is 11.9 Å². The lowest BCUT2D eigenvalue weighted by atomic mass is 9.91. The number of hydrogen-bond acceptors (Lipinski definition) is 5. The molecule has 1 atom stereocenters. The number of piperidine rings is 2. The van der Waals surface area contributed by atoms with Gasteiger partial charge in [0.15, 0.2) is 0 Å². The zero-order chi connectivity index (χ0) is 20.1. The summed E-state index contributed by atoms with van der Waals surface area (Å²) in [6.45, 7) is 7.95. The summed E-state index contributed by atoms with van der Waals surface area (Å²) >= 11 is 0. The standard InChI is InChI=1S/C22H37N5O/c1-17-15-18(2)24-22(23-17)26-13-8-19(9-14-26)16-21(28)27-11-6-5-7-20(27)10-12-25(3)4/h15,19-20H,5-14,16H2,1-4H3/t20-/m1/s1. The van der Waals surface area contributed by atoms with E-state index in [2.05, 4.69) is 38.8 Å². The molecule has 6 heteroatoms. The fourth-order valence-corrected chi connectivity index (χ4v) is 4.59. The van der Waals surface area contributed by atoms with Crippen LogP contribution in [0.5, 0.6) is 0 Å². The lowest BCUT2D eigenvalue weighted by Gasteiger charge is -2.38. The quantitative estimate of drug-likeness (QED) is 0.751. The van der Waals surface area contributed by atoms with Crippen molar-refractivity contribution in [2.75, 3.05) is 45.2 Å². The van der Waals surface area contributed by atoms with E-state index >= 15 is 0 Å². The van der Waals surface area contributed by atoms with Gasteiger partial charge in [-0.25, -0.2) is 9.97 Å². The molecule has 156 valence electrons. The summed E-state index contributed by atoms with van der Waals surface area (Å²) < 4.78 is 0. The van der Waals surface area contributed by atoms with E-state index in [1.807, 2.05) is 19.9 Å². The molecular formula is C22H37N5O. The second-order valence-corrected chi connectivity index (χ2v) is 8.91. The average Bonchev–Trinajstić information content (AvgIpc) is 2.66. The van der Waals surface area contributed by atoms with E-state index in [0.29, 0.717) is 24.3 Å². The van der Waals surface area contributed by atoms with Crippen molar-refractivity contribution in [2.24, 2.45) is 5.92 Å². The Balaban J connectivity index is 1.51. The number of aromatic nitrogens is 2. The first-order valence-corrected chi connectivity index (χ1v) is 10.9. The lowest BCUT2D eigenvalue weighted by molar-refractivity contribution is -0.136. The van der Waals surface area contributed by atoms with E-state index in [1.54, 1.807) is 0 Å². The predicted octanol–water partition coefficient (Wildman–Crippen LogP) is 3.03. The van der Waals surface area contributed by atoms with Gasteiger partial charge in [-0.3, -0.25) is 4.79 Å². The van der Waals surface area contributed by atoms with E-state index < -0.39 is 0 Å². The molecule has 2 fully saturated rings. The Labute approximate surface area is 170 Å². The van der Waals surface area contributed by atoms with Crippen molar-refractivity contribution in [1.82, 2.24) is 19.8 Å². The fraction of sp³-hybridized carbons (Fsp3) is 0.773. The number of carbonyl (C=O) groups is 1. The molecule has 0 bridgehead atoms. The third kappa shape index (κ3) is 5.66. The smallest absolute Gasteiger partial charge is 0.225 e. The highest BCUT2D eigenvalue weighted by Crippen LogP contribution is 2.27. The van der Waals surface area contributed by atoms with Crippen molar-refractivity contribution in [3.63, 3.8) is 0 Å². The topological polar surface area (TPSA) is 52.6 Å². The molecule has 2 aliphatic heterocycles. The number of rotatable bonds is 6. The lowest BCUT2D eigenvalue weighted by Crippen LogP contribution is -2.46. The molecule has 1 aromatic rings. The normalized spacial score (nSPS) is 21.4. The fourth-order valence-electron chi connectivity index (χ4n) is 4.59. The highest BCUT2D eigenvalue weighted by molar-refractivity contribution is 5.77. The SMILES string of the molecule is Cc1cc(C)nc(N2CCC(CC(=O)N3CCCC[C@@H]3CCN(C)C)CC2)n1. The number of carbonyl (C=O) groups excluding carboxylic acids is 1. The highest BCUT2D eigenvalue weighted by Gasteiger charge is 2.30. The monoisotopic (exact) mass is 387 g/mol. The second-order valence-electron chi connectivity index (χ2n) is 8.91. The van der Waals surface area contributed by atoms with Gasteiger partial charge in [-0.05, 0) is 85.0 Å². The average molecular weight is 388 g/mol. The molecule has 1 amide bonds. The van der Waals surface area contributed by atoms with Crippen LogP contribution in [0.1, 0.15) is 56.3 Å². The van der Waals surface area contributed by atoms with Gasteiger partial charge < -0.3 is 14.7 Å². The van der Waals surface area contributed by atoms with Crippen LogP contribution >= 0.6 is 0 Å². The van der Waals surface area contributed by atoms with E-state index in [0.717, 1.165) is 69.2 Å².